The highest BCUT2D eigenvalue weighted by atomic mass is 32.1. The van der Waals surface area contributed by atoms with Crippen LogP contribution in [-0.2, 0) is 19.5 Å². The first-order chi connectivity index (χ1) is 9.20. The van der Waals surface area contributed by atoms with Gasteiger partial charge in [0.25, 0.3) is 0 Å². The zero-order valence-electron chi connectivity index (χ0n) is 10.7. The van der Waals surface area contributed by atoms with Crippen LogP contribution in [0, 0.1) is 0 Å². The molecule has 2 aromatic rings. The topological polar surface area (TPSA) is 67.3 Å². The number of nitrogens with two attached hydrogens (primary N) is 1. The largest absolute Gasteiger partial charge is 0.396 e. The van der Waals surface area contributed by atoms with E-state index in [0.29, 0.717) is 18.8 Å². The minimum absolute atomic E-state index is 0.417. The summed E-state index contributed by atoms with van der Waals surface area (Å²) in [4.78, 5) is 3.79. The number of nitrogen functional groups attached to an aromatic ring is 1. The third-order valence-corrected chi connectivity index (χ3v) is 4.43. The molecule has 0 bridgehead atoms. The van der Waals surface area contributed by atoms with Gasteiger partial charge >= 0.3 is 0 Å². The molecule has 0 spiro atoms. The quantitative estimate of drug-likeness (QED) is 0.873. The fourth-order valence-electron chi connectivity index (χ4n) is 2.51. The number of hydrogen-bond donors (Lipinski definition) is 2. The molecule has 1 unspecified atom stereocenters. The van der Waals surface area contributed by atoms with Crippen molar-refractivity contribution in [2.75, 3.05) is 18.8 Å². The molecule has 0 aliphatic carbocycles. The molecule has 0 fully saturated rings. The fourth-order valence-corrected chi connectivity index (χ4v) is 3.40. The van der Waals surface area contributed by atoms with Crippen molar-refractivity contribution in [2.45, 2.75) is 25.6 Å². The number of rotatable bonds is 4. The Labute approximate surface area is 116 Å². The molecule has 0 amide bonds. The first-order valence-corrected chi connectivity index (χ1v) is 7.32. The molecule has 2 aromatic heterocycles. The van der Waals surface area contributed by atoms with Crippen LogP contribution in [0.5, 0.6) is 0 Å². The van der Waals surface area contributed by atoms with E-state index in [2.05, 4.69) is 21.4 Å². The average molecular weight is 278 g/mol. The van der Waals surface area contributed by atoms with Crippen LogP contribution in [0.25, 0.3) is 0 Å². The van der Waals surface area contributed by atoms with Crippen LogP contribution >= 0.6 is 11.3 Å². The summed E-state index contributed by atoms with van der Waals surface area (Å²) in [5.74, 6) is 0. The summed E-state index contributed by atoms with van der Waals surface area (Å²) >= 11 is 1.83. The molecule has 0 saturated carbocycles. The normalized spacial score (nSPS) is 17.3. The molecular weight excluding hydrogens is 260 g/mol. The Hall–Kier alpha value is -1.37. The van der Waals surface area contributed by atoms with Gasteiger partial charge in [-0.15, -0.1) is 11.3 Å². The van der Waals surface area contributed by atoms with E-state index >= 15 is 0 Å². The molecule has 3 heterocycles. The number of aromatic nitrogens is 2. The van der Waals surface area contributed by atoms with E-state index in [1.54, 1.807) is 17.1 Å². The SMILES string of the molecule is Nc1cnn(CC(O)CN2CCc3sccc3C2)c1. The van der Waals surface area contributed by atoms with Crippen molar-refractivity contribution in [3.05, 3.63) is 34.3 Å². The maximum atomic E-state index is 10.1. The predicted octanol–water partition coefficient (Wildman–Crippen LogP) is 0.946. The third-order valence-electron chi connectivity index (χ3n) is 3.41. The molecule has 5 nitrogen and oxygen atoms in total. The first kappa shape index (κ1) is 12.7. The van der Waals surface area contributed by atoms with E-state index in [9.17, 15) is 5.11 Å². The Kier molecular flexibility index (Phi) is 3.54. The number of aliphatic hydroxyl groups excluding tert-OH is 1. The van der Waals surface area contributed by atoms with E-state index in [4.69, 9.17) is 5.73 Å². The number of hydrogen-bond acceptors (Lipinski definition) is 5. The number of anilines is 1. The lowest BCUT2D eigenvalue weighted by Gasteiger charge is -2.28. The molecule has 1 aliphatic rings. The Balaban J connectivity index is 1.54. The monoisotopic (exact) mass is 278 g/mol. The van der Waals surface area contributed by atoms with Gasteiger partial charge in [-0.3, -0.25) is 9.58 Å². The van der Waals surface area contributed by atoms with Crippen molar-refractivity contribution in [3.63, 3.8) is 0 Å². The third kappa shape index (κ3) is 2.97. The molecule has 6 heteroatoms. The highest BCUT2D eigenvalue weighted by Gasteiger charge is 2.19. The van der Waals surface area contributed by atoms with Crippen LogP contribution in [0.1, 0.15) is 10.4 Å². The standard InChI is InChI=1S/C13H18N4OS/c14-11-5-15-17(7-11)9-12(18)8-16-3-1-13-10(6-16)2-4-19-13/h2,4-5,7,12,18H,1,3,6,8-9,14H2. The Morgan fingerprint density at radius 1 is 1.47 bits per heavy atom. The van der Waals surface area contributed by atoms with Gasteiger partial charge in [0.05, 0.1) is 24.5 Å². The van der Waals surface area contributed by atoms with Gasteiger partial charge in [0.1, 0.15) is 0 Å². The van der Waals surface area contributed by atoms with Crippen molar-refractivity contribution >= 4 is 17.0 Å². The van der Waals surface area contributed by atoms with Gasteiger partial charge in [-0.2, -0.15) is 5.10 Å². The molecule has 1 aliphatic heterocycles. The average Bonchev–Trinajstić information content (AvgIpc) is 2.97. The molecule has 0 aromatic carbocycles. The summed E-state index contributed by atoms with van der Waals surface area (Å²) in [6.45, 7) is 3.13. The Morgan fingerprint density at radius 2 is 2.37 bits per heavy atom. The van der Waals surface area contributed by atoms with Crippen LogP contribution in [0.3, 0.4) is 0 Å². The molecule has 19 heavy (non-hydrogen) atoms. The van der Waals surface area contributed by atoms with Gasteiger partial charge in [-0.25, -0.2) is 0 Å². The zero-order valence-corrected chi connectivity index (χ0v) is 11.5. The second-order valence-electron chi connectivity index (χ2n) is 5.00. The molecule has 3 N–H and O–H groups in total. The van der Waals surface area contributed by atoms with Crippen LogP contribution in [0.2, 0.25) is 0 Å². The number of nitrogens with zero attached hydrogens (tertiary/aromatic N) is 3. The zero-order chi connectivity index (χ0) is 13.2. The second-order valence-corrected chi connectivity index (χ2v) is 6.00. The molecular formula is C13H18N4OS. The van der Waals surface area contributed by atoms with Gasteiger partial charge in [0, 0.05) is 30.7 Å². The van der Waals surface area contributed by atoms with Crippen molar-refractivity contribution in [3.8, 4) is 0 Å². The van der Waals surface area contributed by atoms with Gasteiger partial charge in [-0.1, -0.05) is 0 Å². The second kappa shape index (κ2) is 5.32. The van der Waals surface area contributed by atoms with Crippen LogP contribution in [0.15, 0.2) is 23.8 Å². The van der Waals surface area contributed by atoms with E-state index in [1.165, 1.54) is 10.4 Å². The first-order valence-electron chi connectivity index (χ1n) is 6.44. The highest BCUT2D eigenvalue weighted by Crippen LogP contribution is 2.23. The lowest BCUT2D eigenvalue weighted by molar-refractivity contribution is 0.0893. The fraction of sp³-hybridized carbons (Fsp3) is 0.462. The van der Waals surface area contributed by atoms with E-state index < -0.39 is 6.10 Å². The van der Waals surface area contributed by atoms with Crippen molar-refractivity contribution in [1.82, 2.24) is 14.7 Å². The minimum Gasteiger partial charge on any atom is -0.396 e. The summed E-state index contributed by atoms with van der Waals surface area (Å²) in [5.41, 5.74) is 7.65. The lowest BCUT2D eigenvalue weighted by Crippen LogP contribution is -2.37. The molecule has 1 atom stereocenters. The Bertz CT molecular complexity index is 550. The smallest absolute Gasteiger partial charge is 0.0862 e. The van der Waals surface area contributed by atoms with Gasteiger partial charge in [0.15, 0.2) is 0 Å². The van der Waals surface area contributed by atoms with Gasteiger partial charge in [0.2, 0.25) is 0 Å². The number of β-amino-alcohol motifs (C(OH)–C–C–N with tert-alkyl or cyclic N) is 1. The maximum Gasteiger partial charge on any atom is 0.0862 e. The summed E-state index contributed by atoms with van der Waals surface area (Å²) in [7, 11) is 0. The van der Waals surface area contributed by atoms with Crippen molar-refractivity contribution < 1.29 is 5.11 Å². The highest BCUT2D eigenvalue weighted by molar-refractivity contribution is 7.10. The summed E-state index contributed by atoms with van der Waals surface area (Å²) in [6.07, 6.45) is 4.02. The minimum atomic E-state index is -0.417. The maximum absolute atomic E-state index is 10.1. The summed E-state index contributed by atoms with van der Waals surface area (Å²) in [6, 6.07) is 2.19. The predicted molar refractivity (Wildman–Crippen MR) is 75.9 cm³/mol. The van der Waals surface area contributed by atoms with Gasteiger partial charge < -0.3 is 10.8 Å². The molecule has 0 radical (unpaired) electrons. The summed E-state index contributed by atoms with van der Waals surface area (Å²) in [5, 5.41) is 16.4. The van der Waals surface area contributed by atoms with E-state index in [-0.39, 0.29) is 0 Å². The molecule has 0 saturated heterocycles. The van der Waals surface area contributed by atoms with Crippen LogP contribution in [0.4, 0.5) is 5.69 Å². The number of aliphatic hydroxyl groups is 1. The van der Waals surface area contributed by atoms with Crippen molar-refractivity contribution in [2.24, 2.45) is 0 Å². The van der Waals surface area contributed by atoms with Gasteiger partial charge in [-0.05, 0) is 23.4 Å². The number of fused-ring (bicyclic) bond motifs is 1. The van der Waals surface area contributed by atoms with Crippen LogP contribution < -0.4 is 5.73 Å². The molecule has 3 rings (SSSR count). The van der Waals surface area contributed by atoms with E-state index in [0.717, 1.165) is 19.5 Å². The molecule has 102 valence electrons. The van der Waals surface area contributed by atoms with Crippen LogP contribution in [-0.4, -0.2) is 39.0 Å². The Morgan fingerprint density at radius 3 is 3.16 bits per heavy atom. The van der Waals surface area contributed by atoms with Crippen molar-refractivity contribution in [1.29, 1.82) is 0 Å². The lowest BCUT2D eigenvalue weighted by atomic mass is 10.1. The number of thiophene rings is 1. The summed E-state index contributed by atoms with van der Waals surface area (Å²) < 4.78 is 1.69. The van der Waals surface area contributed by atoms with E-state index in [1.807, 2.05) is 11.3 Å².